The van der Waals surface area contributed by atoms with Crippen molar-refractivity contribution in [3.63, 3.8) is 0 Å². The third kappa shape index (κ3) is 4.81. The molecule has 0 saturated heterocycles. The fourth-order valence-electron chi connectivity index (χ4n) is 6.84. The molecule has 0 aliphatic heterocycles. The molecular weight excluding hydrogens is 384 g/mol. The predicted octanol–water partition coefficient (Wildman–Crippen LogP) is 6.37. The van der Waals surface area contributed by atoms with E-state index in [4.69, 9.17) is 0 Å². The summed E-state index contributed by atoms with van der Waals surface area (Å²) in [6.45, 7) is 15.1. The second-order valence-electron chi connectivity index (χ2n) is 11.6. The molecule has 0 aromatic heterocycles. The van der Waals surface area contributed by atoms with Crippen molar-refractivity contribution < 1.29 is 14.4 Å². The zero-order valence-corrected chi connectivity index (χ0v) is 20.7. The monoisotopic (exact) mass is 426 g/mol. The van der Waals surface area contributed by atoms with Crippen LogP contribution in [0.3, 0.4) is 0 Å². The first kappa shape index (κ1) is 24.1. The highest BCUT2D eigenvalue weighted by Crippen LogP contribution is 2.72. The zero-order chi connectivity index (χ0) is 23.1. The van der Waals surface area contributed by atoms with Crippen molar-refractivity contribution >= 4 is 17.3 Å². The van der Waals surface area contributed by atoms with E-state index in [1.807, 2.05) is 19.1 Å². The van der Waals surface area contributed by atoms with Gasteiger partial charge in [-0.2, -0.15) is 0 Å². The first-order valence-corrected chi connectivity index (χ1v) is 12.4. The van der Waals surface area contributed by atoms with Gasteiger partial charge in [-0.25, -0.2) is 0 Å². The van der Waals surface area contributed by atoms with Gasteiger partial charge in [0, 0.05) is 19.3 Å². The minimum atomic E-state index is 0.127. The maximum atomic E-state index is 11.6. The standard InChI is InChI=1S/C14H20O.C8H12O.C6H10O/c1-4-8-5-10(15)6-9-7-11-13(12(8)9)14(11,2)3;1-8(2)6-3-5(9)4-7(6)8;1-3-4-5-6(2)7/h6,8,11-13H,4-5,7H2,1-3H3;6-7H,3-4H2,1-2H3;4-5H,3H2,1-2H3/b;;5-4+/t8-,11+,12+,13+;6-,7+;/m0../s1. The molecule has 0 N–H and O–H groups in total. The van der Waals surface area contributed by atoms with E-state index in [-0.39, 0.29) is 5.78 Å². The van der Waals surface area contributed by atoms with Crippen molar-refractivity contribution in [2.45, 2.75) is 87.0 Å². The number of carbonyl (C=O) groups is 3. The summed E-state index contributed by atoms with van der Waals surface area (Å²) in [7, 11) is 0. The van der Waals surface area contributed by atoms with Gasteiger partial charge >= 0.3 is 0 Å². The maximum Gasteiger partial charge on any atom is 0.155 e. The molecule has 3 nitrogen and oxygen atoms in total. The van der Waals surface area contributed by atoms with Gasteiger partial charge in [0.1, 0.15) is 5.78 Å². The minimum absolute atomic E-state index is 0.127. The Morgan fingerprint density at radius 3 is 2.03 bits per heavy atom. The number of fused-ring (bicyclic) bond motifs is 4. The zero-order valence-electron chi connectivity index (χ0n) is 20.7. The van der Waals surface area contributed by atoms with Gasteiger partial charge in [0.15, 0.2) is 11.6 Å². The number of Topliss-reactive ketones (excluding diaryl/α,β-unsaturated/α-hetero) is 1. The van der Waals surface area contributed by atoms with E-state index in [9.17, 15) is 14.4 Å². The first-order chi connectivity index (χ1) is 14.4. The van der Waals surface area contributed by atoms with Crippen molar-refractivity contribution in [1.82, 2.24) is 0 Å². The number of allylic oxidation sites excluding steroid dienone is 4. The lowest BCUT2D eigenvalue weighted by molar-refractivity contribution is -0.119. The van der Waals surface area contributed by atoms with Crippen molar-refractivity contribution in [3.8, 4) is 0 Å². The molecule has 0 radical (unpaired) electrons. The average Bonchev–Trinajstić information content (AvgIpc) is 3.20. The highest BCUT2D eigenvalue weighted by molar-refractivity contribution is 5.92. The largest absolute Gasteiger partial charge is 0.300 e. The van der Waals surface area contributed by atoms with Crippen LogP contribution < -0.4 is 0 Å². The minimum Gasteiger partial charge on any atom is -0.300 e. The Morgan fingerprint density at radius 1 is 0.968 bits per heavy atom. The topological polar surface area (TPSA) is 51.2 Å². The summed E-state index contributed by atoms with van der Waals surface area (Å²) in [6, 6.07) is 0. The molecule has 172 valence electrons. The second kappa shape index (κ2) is 8.79. The number of carbonyl (C=O) groups excluding carboxylic acids is 3. The third-order valence-corrected chi connectivity index (χ3v) is 9.02. The Hall–Kier alpha value is -1.51. The van der Waals surface area contributed by atoms with Crippen LogP contribution in [-0.2, 0) is 14.4 Å². The lowest BCUT2D eigenvalue weighted by Crippen LogP contribution is -2.26. The van der Waals surface area contributed by atoms with Gasteiger partial charge in [-0.15, -0.1) is 0 Å². The molecule has 0 amide bonds. The van der Waals surface area contributed by atoms with E-state index in [1.54, 1.807) is 13.0 Å². The molecule has 0 bridgehead atoms. The normalized spacial score (nSPS) is 37.5. The van der Waals surface area contributed by atoms with E-state index in [2.05, 4.69) is 34.6 Å². The Morgan fingerprint density at radius 2 is 1.58 bits per heavy atom. The van der Waals surface area contributed by atoms with Crippen LogP contribution in [0.5, 0.6) is 0 Å². The molecule has 0 spiro atoms. The first-order valence-electron chi connectivity index (χ1n) is 12.4. The van der Waals surface area contributed by atoms with Gasteiger partial charge in [0.2, 0.25) is 0 Å². The van der Waals surface area contributed by atoms with E-state index in [1.165, 1.54) is 18.4 Å². The summed E-state index contributed by atoms with van der Waals surface area (Å²) >= 11 is 0. The van der Waals surface area contributed by atoms with Crippen LogP contribution in [0.2, 0.25) is 0 Å². The molecule has 4 saturated carbocycles. The Labute approximate surface area is 189 Å². The van der Waals surface area contributed by atoms with E-state index in [0.717, 1.165) is 55.3 Å². The van der Waals surface area contributed by atoms with E-state index < -0.39 is 0 Å². The van der Waals surface area contributed by atoms with Gasteiger partial charge in [-0.1, -0.05) is 59.6 Å². The van der Waals surface area contributed by atoms with E-state index in [0.29, 0.717) is 28.3 Å². The highest BCUT2D eigenvalue weighted by Gasteiger charge is 2.66. The molecule has 31 heavy (non-hydrogen) atoms. The molecule has 4 fully saturated rings. The molecule has 0 aromatic rings. The molecule has 5 rings (SSSR count). The van der Waals surface area contributed by atoms with Gasteiger partial charge < -0.3 is 0 Å². The van der Waals surface area contributed by atoms with Crippen LogP contribution >= 0.6 is 0 Å². The molecular formula is C28H42O3. The second-order valence-corrected chi connectivity index (χ2v) is 11.6. The fraction of sp³-hybridized carbons (Fsp3) is 0.750. The number of rotatable bonds is 3. The van der Waals surface area contributed by atoms with Crippen molar-refractivity contribution in [1.29, 1.82) is 0 Å². The van der Waals surface area contributed by atoms with Gasteiger partial charge in [-0.05, 0) is 78.3 Å². The average molecular weight is 427 g/mol. The Bertz CT molecular complexity index is 781. The van der Waals surface area contributed by atoms with Crippen LogP contribution in [0.15, 0.2) is 23.8 Å². The number of ketones is 3. The molecule has 6 atom stereocenters. The van der Waals surface area contributed by atoms with Crippen LogP contribution in [-0.4, -0.2) is 17.3 Å². The Kier molecular flexibility index (Phi) is 6.84. The summed E-state index contributed by atoms with van der Waals surface area (Å²) in [5.41, 5.74) is 2.58. The summed E-state index contributed by atoms with van der Waals surface area (Å²) in [4.78, 5) is 32.5. The van der Waals surface area contributed by atoms with Crippen molar-refractivity contribution in [2.24, 2.45) is 46.3 Å². The quantitative estimate of drug-likeness (QED) is 0.493. The molecule has 0 unspecified atom stereocenters. The molecule has 0 aromatic carbocycles. The molecule has 0 heterocycles. The van der Waals surface area contributed by atoms with Gasteiger partial charge in [-0.3, -0.25) is 14.4 Å². The van der Waals surface area contributed by atoms with Crippen molar-refractivity contribution in [3.05, 3.63) is 23.8 Å². The van der Waals surface area contributed by atoms with Crippen LogP contribution in [0.4, 0.5) is 0 Å². The van der Waals surface area contributed by atoms with Crippen LogP contribution in [0, 0.1) is 46.3 Å². The van der Waals surface area contributed by atoms with Crippen LogP contribution in [0.25, 0.3) is 0 Å². The number of hydrogen-bond donors (Lipinski definition) is 0. The summed E-state index contributed by atoms with van der Waals surface area (Å²) in [6.07, 6.45) is 11.3. The Balaban J connectivity index is 0.000000146. The SMILES string of the molecule is CC/C=C/C(C)=O.CC1(C)[C@@H]2CC(=O)C[C@@H]21.CC[C@H]1CC(=O)C=C2C[C@@H]3[C@H]([C@@H]21)C3(C)C. The lowest BCUT2D eigenvalue weighted by atomic mass is 9.73. The lowest BCUT2D eigenvalue weighted by Gasteiger charge is -2.31. The molecule has 5 aliphatic rings. The molecule has 5 aliphatic carbocycles. The summed E-state index contributed by atoms with van der Waals surface area (Å²) < 4.78 is 0. The summed E-state index contributed by atoms with van der Waals surface area (Å²) in [5.74, 6) is 5.69. The van der Waals surface area contributed by atoms with Crippen LogP contribution in [0.1, 0.15) is 87.0 Å². The highest BCUT2D eigenvalue weighted by atomic mass is 16.1. The number of hydrogen-bond acceptors (Lipinski definition) is 3. The predicted molar refractivity (Wildman–Crippen MR) is 125 cm³/mol. The van der Waals surface area contributed by atoms with Crippen molar-refractivity contribution in [2.75, 3.05) is 0 Å². The molecule has 3 heteroatoms. The van der Waals surface area contributed by atoms with Gasteiger partial charge in [0.25, 0.3) is 0 Å². The maximum absolute atomic E-state index is 11.6. The van der Waals surface area contributed by atoms with E-state index >= 15 is 0 Å². The smallest absolute Gasteiger partial charge is 0.155 e. The summed E-state index contributed by atoms with van der Waals surface area (Å²) in [5, 5.41) is 0. The third-order valence-electron chi connectivity index (χ3n) is 9.02. The van der Waals surface area contributed by atoms with Gasteiger partial charge in [0.05, 0.1) is 0 Å². The fourth-order valence-corrected chi connectivity index (χ4v) is 6.84.